The van der Waals surface area contributed by atoms with E-state index in [1.807, 2.05) is 6.07 Å². The third-order valence-corrected chi connectivity index (χ3v) is 4.06. The number of nitriles is 1. The number of rotatable bonds is 8. The van der Waals surface area contributed by atoms with Gasteiger partial charge in [-0.1, -0.05) is 0 Å². The zero-order valence-corrected chi connectivity index (χ0v) is 16.6. The van der Waals surface area contributed by atoms with Crippen LogP contribution in [0.2, 0.25) is 0 Å². The van der Waals surface area contributed by atoms with Crippen molar-refractivity contribution in [2.75, 3.05) is 20.5 Å². The van der Waals surface area contributed by atoms with Crippen molar-refractivity contribution in [2.45, 2.75) is 13.5 Å². The van der Waals surface area contributed by atoms with Crippen molar-refractivity contribution in [1.82, 2.24) is 10.4 Å². The summed E-state index contributed by atoms with van der Waals surface area (Å²) in [4.78, 5) is 26.8. The number of carbonyl (C=O) groups excluding carboxylic acids is 1. The first-order chi connectivity index (χ1) is 14.9. The molecule has 1 amide bonds. The Balaban J connectivity index is 1.66. The minimum absolute atomic E-state index is 0.0000818. The molecule has 0 atom stereocenters. The number of nitro benzene ring substituents is 1. The summed E-state index contributed by atoms with van der Waals surface area (Å²) >= 11 is 0. The summed E-state index contributed by atoms with van der Waals surface area (Å²) in [6, 6.07) is 6.29. The van der Waals surface area contributed by atoms with Gasteiger partial charge in [0.05, 0.1) is 29.4 Å². The summed E-state index contributed by atoms with van der Waals surface area (Å²) in [5.74, 6) is -0.0589. The van der Waals surface area contributed by atoms with E-state index in [-0.39, 0.29) is 41.8 Å². The molecule has 160 valence electrons. The molecule has 0 bridgehead atoms. The van der Waals surface area contributed by atoms with E-state index < -0.39 is 17.4 Å². The molecule has 1 aliphatic rings. The van der Waals surface area contributed by atoms with Crippen molar-refractivity contribution < 1.29 is 28.7 Å². The zero-order valence-electron chi connectivity index (χ0n) is 16.6. The molecule has 12 nitrogen and oxygen atoms in total. The Bertz CT molecular complexity index is 1090. The van der Waals surface area contributed by atoms with Crippen molar-refractivity contribution in [1.29, 1.82) is 5.26 Å². The van der Waals surface area contributed by atoms with E-state index in [0.717, 1.165) is 6.21 Å². The second kappa shape index (κ2) is 9.51. The van der Waals surface area contributed by atoms with Gasteiger partial charge in [-0.25, -0.2) is 10.4 Å². The lowest BCUT2D eigenvalue weighted by atomic mass is 10.1. The standard InChI is InChI=1S/C19H17N5O7/c1-11-3-13(8-28-2)14(6-20)19(22-11)29-9-18(25)23-21-7-12-4-16-17(31-10-30-16)5-15(12)24(26)27/h3-5,7H,8-10H2,1-2H3,(H,23,25). The predicted octanol–water partition coefficient (Wildman–Crippen LogP) is 1.57. The minimum Gasteiger partial charge on any atom is -0.467 e. The number of hydrogen-bond donors (Lipinski definition) is 1. The van der Waals surface area contributed by atoms with Crippen molar-refractivity contribution in [3.63, 3.8) is 0 Å². The summed E-state index contributed by atoms with van der Waals surface area (Å²) in [6.07, 6.45) is 1.11. The van der Waals surface area contributed by atoms with Gasteiger partial charge in [0.25, 0.3) is 11.6 Å². The van der Waals surface area contributed by atoms with Gasteiger partial charge in [-0.15, -0.1) is 0 Å². The third-order valence-electron chi connectivity index (χ3n) is 4.06. The largest absolute Gasteiger partial charge is 0.467 e. The van der Waals surface area contributed by atoms with E-state index in [2.05, 4.69) is 15.5 Å². The fourth-order valence-corrected chi connectivity index (χ4v) is 2.75. The van der Waals surface area contributed by atoms with Gasteiger partial charge in [0.15, 0.2) is 18.1 Å². The molecule has 1 aromatic carbocycles. The second-order valence-corrected chi connectivity index (χ2v) is 6.25. The van der Waals surface area contributed by atoms with Gasteiger partial charge >= 0.3 is 0 Å². The van der Waals surface area contributed by atoms with Crippen LogP contribution >= 0.6 is 0 Å². The van der Waals surface area contributed by atoms with Crippen LogP contribution in [0.25, 0.3) is 0 Å². The van der Waals surface area contributed by atoms with Crippen LogP contribution in [0.3, 0.4) is 0 Å². The van der Waals surface area contributed by atoms with E-state index in [1.165, 1.54) is 19.2 Å². The number of nitro groups is 1. The number of nitrogens with one attached hydrogen (secondary N) is 1. The van der Waals surface area contributed by atoms with Crippen LogP contribution < -0.4 is 19.6 Å². The van der Waals surface area contributed by atoms with Gasteiger partial charge in [-0.05, 0) is 19.1 Å². The second-order valence-electron chi connectivity index (χ2n) is 6.25. The summed E-state index contributed by atoms with van der Waals surface area (Å²) in [5.41, 5.74) is 3.41. The van der Waals surface area contributed by atoms with E-state index in [0.29, 0.717) is 17.0 Å². The molecule has 3 rings (SSSR count). The van der Waals surface area contributed by atoms with Crippen LogP contribution in [0.5, 0.6) is 17.4 Å². The SMILES string of the molecule is COCc1cc(C)nc(OCC(=O)NN=Cc2cc3c(cc2[N+](=O)[O-])OCO3)c1C#N. The number of pyridine rings is 1. The molecule has 1 aliphatic heterocycles. The molecular formula is C19H17N5O7. The van der Waals surface area contributed by atoms with E-state index in [4.69, 9.17) is 18.9 Å². The fraction of sp³-hybridized carbons (Fsp3) is 0.263. The first kappa shape index (κ1) is 21.5. The molecule has 0 unspecified atom stereocenters. The van der Waals surface area contributed by atoms with Crippen LogP contribution in [0.15, 0.2) is 23.3 Å². The molecule has 2 aromatic rings. The quantitative estimate of drug-likeness (QED) is 0.375. The molecule has 0 fully saturated rings. The molecule has 0 aliphatic carbocycles. The van der Waals surface area contributed by atoms with Gasteiger partial charge in [0.1, 0.15) is 11.6 Å². The number of hydrogen-bond acceptors (Lipinski definition) is 10. The average molecular weight is 427 g/mol. The summed E-state index contributed by atoms with van der Waals surface area (Å²) in [6.45, 7) is 1.40. The van der Waals surface area contributed by atoms with Crippen LogP contribution in [0.1, 0.15) is 22.4 Å². The predicted molar refractivity (Wildman–Crippen MR) is 105 cm³/mol. The molecule has 0 radical (unpaired) electrons. The molecular weight excluding hydrogens is 410 g/mol. The smallest absolute Gasteiger partial charge is 0.282 e. The van der Waals surface area contributed by atoms with Crippen LogP contribution in [0, 0.1) is 28.4 Å². The molecule has 2 heterocycles. The Hall–Kier alpha value is -4.24. The maximum absolute atomic E-state index is 12.0. The van der Waals surface area contributed by atoms with Gasteiger partial charge in [0.2, 0.25) is 12.7 Å². The number of aromatic nitrogens is 1. The van der Waals surface area contributed by atoms with Crippen molar-refractivity contribution in [2.24, 2.45) is 5.10 Å². The number of amides is 1. The Morgan fingerprint density at radius 2 is 2.16 bits per heavy atom. The van der Waals surface area contributed by atoms with Crippen LogP contribution in [-0.4, -0.2) is 42.5 Å². The molecule has 1 aromatic heterocycles. The summed E-state index contributed by atoms with van der Waals surface area (Å²) < 4.78 is 20.7. The Labute approximate surface area is 176 Å². The molecule has 12 heteroatoms. The monoisotopic (exact) mass is 427 g/mol. The topological polar surface area (TPSA) is 158 Å². The Kier molecular flexibility index (Phi) is 6.58. The van der Waals surface area contributed by atoms with Gasteiger partial charge in [-0.2, -0.15) is 10.4 Å². The van der Waals surface area contributed by atoms with E-state index in [1.54, 1.807) is 13.0 Å². The van der Waals surface area contributed by atoms with Gasteiger partial charge in [0, 0.05) is 18.4 Å². The summed E-state index contributed by atoms with van der Waals surface area (Å²) in [5, 5.41) is 24.3. The Morgan fingerprint density at radius 3 is 2.84 bits per heavy atom. The number of hydrazone groups is 1. The van der Waals surface area contributed by atoms with E-state index >= 15 is 0 Å². The molecule has 0 saturated heterocycles. The number of nitrogens with zero attached hydrogens (tertiary/aromatic N) is 4. The van der Waals surface area contributed by atoms with Crippen LogP contribution in [0.4, 0.5) is 5.69 Å². The number of aryl methyl sites for hydroxylation is 1. The highest BCUT2D eigenvalue weighted by Crippen LogP contribution is 2.37. The average Bonchev–Trinajstić information content (AvgIpc) is 3.19. The van der Waals surface area contributed by atoms with Crippen molar-refractivity contribution in [3.8, 4) is 23.4 Å². The normalized spacial score (nSPS) is 11.9. The fourth-order valence-electron chi connectivity index (χ4n) is 2.75. The molecule has 1 N–H and O–H groups in total. The molecule has 0 saturated carbocycles. The van der Waals surface area contributed by atoms with Gasteiger partial charge in [-0.3, -0.25) is 14.9 Å². The number of fused-ring (bicyclic) bond motifs is 1. The first-order valence-corrected chi connectivity index (χ1v) is 8.85. The van der Waals surface area contributed by atoms with E-state index in [9.17, 15) is 20.2 Å². The van der Waals surface area contributed by atoms with Crippen molar-refractivity contribution >= 4 is 17.8 Å². The maximum Gasteiger partial charge on any atom is 0.282 e. The third kappa shape index (κ3) is 5.03. The summed E-state index contributed by atoms with van der Waals surface area (Å²) in [7, 11) is 1.49. The number of methoxy groups -OCH3 is 1. The maximum atomic E-state index is 12.0. The molecule has 31 heavy (non-hydrogen) atoms. The number of carbonyl (C=O) groups is 1. The Morgan fingerprint density at radius 1 is 1.42 bits per heavy atom. The minimum atomic E-state index is -0.653. The zero-order chi connectivity index (χ0) is 22.4. The first-order valence-electron chi connectivity index (χ1n) is 8.85. The van der Waals surface area contributed by atoms with Crippen molar-refractivity contribution in [3.05, 3.63) is 50.7 Å². The molecule has 0 spiro atoms. The highest BCUT2D eigenvalue weighted by Gasteiger charge is 2.22. The number of benzene rings is 1. The van der Waals surface area contributed by atoms with Gasteiger partial charge < -0.3 is 18.9 Å². The lowest BCUT2D eigenvalue weighted by Crippen LogP contribution is -2.25. The lowest BCUT2D eigenvalue weighted by Gasteiger charge is -2.10. The van der Waals surface area contributed by atoms with Crippen LogP contribution in [-0.2, 0) is 16.1 Å². The lowest BCUT2D eigenvalue weighted by molar-refractivity contribution is -0.385. The highest BCUT2D eigenvalue weighted by molar-refractivity contribution is 5.88. The highest BCUT2D eigenvalue weighted by atomic mass is 16.7. The number of ether oxygens (including phenoxy) is 4.